The highest BCUT2D eigenvalue weighted by Crippen LogP contribution is 2.55. The number of fused-ring (bicyclic) bond motifs is 3. The van der Waals surface area contributed by atoms with Gasteiger partial charge >= 0.3 is 6.09 Å². The van der Waals surface area contributed by atoms with Gasteiger partial charge in [0.15, 0.2) is 0 Å². The molecule has 4 rings (SSSR count). The third kappa shape index (κ3) is 2.72. The van der Waals surface area contributed by atoms with Crippen LogP contribution in [0.1, 0.15) is 33.6 Å². The summed E-state index contributed by atoms with van der Waals surface area (Å²) in [4.78, 5) is 12.0. The van der Waals surface area contributed by atoms with Crippen LogP contribution >= 0.6 is 0 Å². The van der Waals surface area contributed by atoms with Crippen LogP contribution < -0.4 is 5.32 Å². The predicted octanol–water partition coefficient (Wildman–Crippen LogP) is 4.08. The lowest BCUT2D eigenvalue weighted by Gasteiger charge is -2.58. The number of hydrogen-bond donors (Lipinski definition) is 1. The molecule has 2 saturated heterocycles. The Bertz CT molecular complexity index is 531. The first-order chi connectivity index (χ1) is 10.4. The number of amides is 1. The molecule has 1 aromatic rings. The number of hydrogen-bond acceptors (Lipinski definition) is 3. The van der Waals surface area contributed by atoms with E-state index in [1.807, 2.05) is 30.3 Å². The van der Waals surface area contributed by atoms with Crippen molar-refractivity contribution < 1.29 is 14.3 Å². The SMILES string of the molecule is CC1CC2(C)C[C@H](C)C1(COC(=O)Nc1ccccc1)CO2. The van der Waals surface area contributed by atoms with Gasteiger partial charge < -0.3 is 9.47 Å². The molecular formula is C18H25NO3. The number of anilines is 1. The standard InChI is InChI=1S/C18H25NO3/c1-13-9-17(3)10-14(2)18(13,12-22-17)11-21-16(20)19-15-7-5-4-6-8-15/h4-8,13-14H,9-12H2,1-3H3,(H,19,20)/t13-,14?,17?,18?/m0/s1. The average Bonchev–Trinajstić information content (AvgIpc) is 2.47. The van der Waals surface area contributed by atoms with E-state index in [0.717, 1.165) is 18.5 Å². The summed E-state index contributed by atoms with van der Waals surface area (Å²) in [7, 11) is 0. The molecule has 2 bridgehead atoms. The van der Waals surface area contributed by atoms with Crippen molar-refractivity contribution in [2.75, 3.05) is 18.5 Å². The summed E-state index contributed by atoms with van der Waals surface area (Å²) in [6.45, 7) is 7.82. The minimum atomic E-state index is -0.390. The van der Waals surface area contributed by atoms with Crippen molar-refractivity contribution in [2.45, 2.75) is 39.2 Å². The van der Waals surface area contributed by atoms with Crippen molar-refractivity contribution in [3.63, 3.8) is 0 Å². The Morgan fingerprint density at radius 1 is 1.27 bits per heavy atom. The Hall–Kier alpha value is -1.55. The van der Waals surface area contributed by atoms with Crippen LogP contribution in [0.5, 0.6) is 0 Å². The van der Waals surface area contributed by atoms with Crippen LogP contribution in [0.2, 0.25) is 0 Å². The second-order valence-electron chi connectivity index (χ2n) is 7.25. The summed E-state index contributed by atoms with van der Waals surface area (Å²) < 4.78 is 11.6. The van der Waals surface area contributed by atoms with Crippen LogP contribution in [-0.2, 0) is 9.47 Å². The van der Waals surface area contributed by atoms with Crippen LogP contribution in [0.3, 0.4) is 0 Å². The smallest absolute Gasteiger partial charge is 0.411 e. The zero-order chi connectivity index (χ0) is 15.8. The fraction of sp³-hybridized carbons (Fsp3) is 0.611. The second-order valence-corrected chi connectivity index (χ2v) is 7.25. The first kappa shape index (κ1) is 15.3. The van der Waals surface area contributed by atoms with Crippen molar-refractivity contribution in [3.8, 4) is 0 Å². The fourth-order valence-electron chi connectivity index (χ4n) is 4.18. The summed E-state index contributed by atoms with van der Waals surface area (Å²) in [6, 6.07) is 9.38. The lowest BCUT2D eigenvalue weighted by atomic mass is 9.56. The van der Waals surface area contributed by atoms with Crippen LogP contribution in [0.25, 0.3) is 0 Å². The molecular weight excluding hydrogens is 278 g/mol. The van der Waals surface area contributed by atoms with Crippen LogP contribution in [-0.4, -0.2) is 24.9 Å². The maximum Gasteiger partial charge on any atom is 0.411 e. The molecule has 1 N–H and O–H groups in total. The van der Waals surface area contributed by atoms with E-state index in [9.17, 15) is 4.79 Å². The lowest BCUT2D eigenvalue weighted by Crippen LogP contribution is -2.60. The van der Waals surface area contributed by atoms with Crippen LogP contribution in [0, 0.1) is 17.3 Å². The second kappa shape index (κ2) is 5.58. The number of benzene rings is 1. The first-order valence-electron chi connectivity index (χ1n) is 8.06. The van der Waals surface area contributed by atoms with Gasteiger partial charge in [0.1, 0.15) is 6.61 Å². The van der Waals surface area contributed by atoms with E-state index in [1.54, 1.807) is 0 Å². The van der Waals surface area contributed by atoms with Gasteiger partial charge in [-0.1, -0.05) is 32.0 Å². The highest BCUT2D eigenvalue weighted by Gasteiger charge is 2.56. The van der Waals surface area contributed by atoms with Crippen molar-refractivity contribution in [2.24, 2.45) is 17.3 Å². The monoisotopic (exact) mass is 303 g/mol. The first-order valence-corrected chi connectivity index (χ1v) is 8.06. The molecule has 1 aliphatic carbocycles. The Morgan fingerprint density at radius 2 is 1.91 bits per heavy atom. The summed E-state index contributed by atoms with van der Waals surface area (Å²) in [6.07, 6.45) is 1.70. The zero-order valence-electron chi connectivity index (χ0n) is 13.6. The van der Waals surface area contributed by atoms with Gasteiger partial charge in [0.05, 0.1) is 12.2 Å². The highest BCUT2D eigenvalue weighted by molar-refractivity contribution is 5.84. The summed E-state index contributed by atoms with van der Waals surface area (Å²) in [5.74, 6) is 0.999. The van der Waals surface area contributed by atoms with Gasteiger partial charge in [-0.3, -0.25) is 5.32 Å². The van der Waals surface area contributed by atoms with E-state index in [1.165, 1.54) is 0 Å². The third-order valence-corrected chi connectivity index (χ3v) is 5.62. The molecule has 0 spiro atoms. The molecule has 1 saturated carbocycles. The minimum Gasteiger partial charge on any atom is -0.449 e. The van der Waals surface area contributed by atoms with Gasteiger partial charge in [0.2, 0.25) is 0 Å². The van der Waals surface area contributed by atoms with Gasteiger partial charge in [-0.25, -0.2) is 4.79 Å². The van der Waals surface area contributed by atoms with Gasteiger partial charge in [0.25, 0.3) is 0 Å². The molecule has 2 aliphatic heterocycles. The molecule has 1 amide bonds. The summed E-state index contributed by atoms with van der Waals surface area (Å²) in [5, 5.41) is 2.77. The molecule has 0 aromatic heterocycles. The fourth-order valence-corrected chi connectivity index (χ4v) is 4.18. The summed E-state index contributed by atoms with van der Waals surface area (Å²) in [5.41, 5.74) is 0.709. The largest absolute Gasteiger partial charge is 0.449 e. The molecule has 22 heavy (non-hydrogen) atoms. The quantitative estimate of drug-likeness (QED) is 0.915. The van der Waals surface area contributed by atoms with E-state index in [-0.39, 0.29) is 17.1 Å². The van der Waals surface area contributed by atoms with Crippen molar-refractivity contribution in [3.05, 3.63) is 30.3 Å². The van der Waals surface area contributed by atoms with Gasteiger partial charge in [-0.15, -0.1) is 0 Å². The number of ether oxygens (including phenoxy) is 2. The number of carbonyl (C=O) groups excluding carboxylic acids is 1. The maximum atomic E-state index is 12.0. The average molecular weight is 303 g/mol. The summed E-state index contributed by atoms with van der Waals surface area (Å²) >= 11 is 0. The number of para-hydroxylation sites is 1. The molecule has 4 atom stereocenters. The third-order valence-electron chi connectivity index (χ3n) is 5.62. The molecule has 3 fully saturated rings. The van der Waals surface area contributed by atoms with E-state index in [4.69, 9.17) is 9.47 Å². The van der Waals surface area contributed by atoms with Crippen molar-refractivity contribution >= 4 is 11.8 Å². The zero-order valence-corrected chi connectivity index (χ0v) is 13.6. The number of carbonyl (C=O) groups is 1. The molecule has 2 heterocycles. The Morgan fingerprint density at radius 3 is 2.50 bits per heavy atom. The van der Waals surface area contributed by atoms with E-state index < -0.39 is 0 Å². The number of rotatable bonds is 3. The molecule has 4 nitrogen and oxygen atoms in total. The number of nitrogens with one attached hydrogen (secondary N) is 1. The van der Waals surface area contributed by atoms with Gasteiger partial charge in [-0.05, 0) is 43.7 Å². The normalized spacial score (nSPS) is 36.9. The Balaban J connectivity index is 1.62. The minimum absolute atomic E-state index is 0.00683. The molecule has 3 unspecified atom stereocenters. The van der Waals surface area contributed by atoms with Gasteiger partial charge in [0, 0.05) is 11.1 Å². The molecule has 0 radical (unpaired) electrons. The topological polar surface area (TPSA) is 47.6 Å². The van der Waals surface area contributed by atoms with E-state index in [2.05, 4.69) is 26.1 Å². The highest BCUT2D eigenvalue weighted by atomic mass is 16.6. The maximum absolute atomic E-state index is 12.0. The van der Waals surface area contributed by atoms with Crippen LogP contribution in [0.15, 0.2) is 30.3 Å². The Labute approximate surface area is 132 Å². The predicted molar refractivity (Wildman–Crippen MR) is 85.8 cm³/mol. The molecule has 120 valence electrons. The van der Waals surface area contributed by atoms with E-state index in [0.29, 0.717) is 25.0 Å². The molecule has 1 aromatic carbocycles. The Kier molecular flexibility index (Phi) is 3.89. The van der Waals surface area contributed by atoms with Gasteiger partial charge in [-0.2, -0.15) is 0 Å². The lowest BCUT2D eigenvalue weighted by molar-refractivity contribution is -0.235. The van der Waals surface area contributed by atoms with Crippen molar-refractivity contribution in [1.82, 2.24) is 0 Å². The molecule has 4 heteroatoms. The van der Waals surface area contributed by atoms with Crippen molar-refractivity contribution in [1.29, 1.82) is 0 Å². The molecule has 3 aliphatic rings. The van der Waals surface area contributed by atoms with Crippen LogP contribution in [0.4, 0.5) is 10.5 Å². The van der Waals surface area contributed by atoms with E-state index >= 15 is 0 Å².